The Hall–Kier alpha value is -1.74. The first-order valence-electron chi connectivity index (χ1n) is 7.27. The summed E-state index contributed by atoms with van der Waals surface area (Å²) in [5.74, 6) is 0.988. The molecule has 111 valence electrons. The van der Waals surface area contributed by atoms with Gasteiger partial charge >= 0.3 is 0 Å². The van der Waals surface area contributed by atoms with Gasteiger partial charge in [-0.2, -0.15) is 0 Å². The predicted molar refractivity (Wildman–Crippen MR) is 93.1 cm³/mol. The number of nitrogen functional groups attached to an aromatic ring is 1. The van der Waals surface area contributed by atoms with Crippen LogP contribution in [-0.4, -0.2) is 9.04 Å². The number of benzene rings is 2. The SMILES string of the molecule is C[Si](C)Oc1c(-c2ccccc2N)cccc1C(C)(C)C. The first-order chi connectivity index (χ1) is 9.80. The second kappa shape index (κ2) is 5.94. The van der Waals surface area contributed by atoms with Gasteiger partial charge in [0.15, 0.2) is 0 Å². The van der Waals surface area contributed by atoms with Gasteiger partial charge in [-0.1, -0.05) is 57.2 Å². The number of para-hydroxylation sites is 2. The van der Waals surface area contributed by atoms with Gasteiger partial charge in [0.1, 0.15) is 5.75 Å². The minimum Gasteiger partial charge on any atom is -0.542 e. The van der Waals surface area contributed by atoms with Crippen molar-refractivity contribution in [1.82, 2.24) is 0 Å². The van der Waals surface area contributed by atoms with Crippen LogP contribution >= 0.6 is 0 Å². The van der Waals surface area contributed by atoms with Gasteiger partial charge in [0.05, 0.1) is 0 Å². The molecule has 0 bridgehead atoms. The Morgan fingerprint density at radius 2 is 1.52 bits per heavy atom. The van der Waals surface area contributed by atoms with Gasteiger partial charge in [-0.05, 0) is 30.1 Å². The van der Waals surface area contributed by atoms with Crippen molar-refractivity contribution in [2.24, 2.45) is 0 Å². The monoisotopic (exact) mass is 298 g/mol. The van der Waals surface area contributed by atoms with Crippen LogP contribution in [-0.2, 0) is 5.41 Å². The lowest BCUT2D eigenvalue weighted by Gasteiger charge is -2.26. The first-order valence-corrected chi connectivity index (χ1v) is 9.68. The molecule has 0 aliphatic rings. The van der Waals surface area contributed by atoms with Crippen LogP contribution in [0, 0.1) is 0 Å². The second-order valence-electron chi connectivity index (χ2n) is 6.53. The Balaban J connectivity index is 2.69. The molecule has 0 spiro atoms. The Kier molecular flexibility index (Phi) is 4.42. The summed E-state index contributed by atoms with van der Waals surface area (Å²) in [4.78, 5) is 0. The Morgan fingerprint density at radius 1 is 0.905 bits per heavy atom. The average Bonchev–Trinajstić information content (AvgIpc) is 2.38. The van der Waals surface area contributed by atoms with Crippen molar-refractivity contribution in [3.63, 3.8) is 0 Å². The van der Waals surface area contributed by atoms with Crippen LogP contribution in [0.4, 0.5) is 5.69 Å². The molecule has 0 saturated heterocycles. The lowest BCUT2D eigenvalue weighted by Crippen LogP contribution is -2.19. The number of hydrogen-bond acceptors (Lipinski definition) is 2. The maximum Gasteiger partial charge on any atom is 0.274 e. The van der Waals surface area contributed by atoms with Crippen LogP contribution in [0.15, 0.2) is 42.5 Å². The fourth-order valence-electron chi connectivity index (χ4n) is 2.40. The summed E-state index contributed by atoms with van der Waals surface area (Å²) in [6, 6.07) is 14.3. The highest BCUT2D eigenvalue weighted by Gasteiger charge is 2.23. The average molecular weight is 298 g/mol. The van der Waals surface area contributed by atoms with Crippen molar-refractivity contribution in [3.8, 4) is 16.9 Å². The molecule has 0 fully saturated rings. The topological polar surface area (TPSA) is 35.2 Å². The van der Waals surface area contributed by atoms with Gasteiger partial charge in [-0.3, -0.25) is 0 Å². The van der Waals surface area contributed by atoms with E-state index in [1.807, 2.05) is 18.2 Å². The van der Waals surface area contributed by atoms with Gasteiger partial charge < -0.3 is 10.2 Å². The van der Waals surface area contributed by atoms with Crippen LogP contribution < -0.4 is 10.2 Å². The maximum absolute atomic E-state index is 6.26. The largest absolute Gasteiger partial charge is 0.542 e. The molecule has 2 nitrogen and oxygen atoms in total. The third-order valence-corrected chi connectivity index (χ3v) is 3.99. The molecule has 3 heteroatoms. The number of nitrogens with two attached hydrogens (primary N) is 1. The fraction of sp³-hybridized carbons (Fsp3) is 0.333. The predicted octanol–water partition coefficient (Wildman–Crippen LogP) is 4.86. The van der Waals surface area contributed by atoms with Gasteiger partial charge in [0.2, 0.25) is 0 Å². The smallest absolute Gasteiger partial charge is 0.274 e. The summed E-state index contributed by atoms with van der Waals surface area (Å²) in [5, 5.41) is 0. The molecule has 2 aromatic carbocycles. The molecule has 0 aliphatic heterocycles. The zero-order chi connectivity index (χ0) is 15.6. The molecule has 0 aliphatic carbocycles. The third kappa shape index (κ3) is 3.48. The lowest BCUT2D eigenvalue weighted by atomic mass is 9.84. The van der Waals surface area contributed by atoms with Gasteiger partial charge in [0, 0.05) is 16.8 Å². The summed E-state index contributed by atoms with van der Waals surface area (Å²) in [6.07, 6.45) is 0. The molecule has 0 unspecified atom stereocenters. The molecule has 2 rings (SSSR count). The highest BCUT2D eigenvalue weighted by molar-refractivity contribution is 6.49. The van der Waals surface area contributed by atoms with E-state index in [1.54, 1.807) is 0 Å². The summed E-state index contributed by atoms with van der Waals surface area (Å²) >= 11 is 0. The minimum atomic E-state index is -0.851. The molecular weight excluding hydrogens is 274 g/mol. The quantitative estimate of drug-likeness (QED) is 0.648. The van der Waals surface area contributed by atoms with E-state index in [0.29, 0.717) is 0 Å². The molecule has 2 aromatic rings. The summed E-state index contributed by atoms with van der Waals surface area (Å²) in [7, 11) is -0.851. The molecule has 0 heterocycles. The van der Waals surface area contributed by atoms with Crippen LogP contribution in [0.25, 0.3) is 11.1 Å². The number of hydrogen-bond donors (Lipinski definition) is 1. The van der Waals surface area contributed by atoms with Crippen LogP contribution in [0.1, 0.15) is 26.3 Å². The highest BCUT2D eigenvalue weighted by Crippen LogP contribution is 2.41. The van der Waals surface area contributed by atoms with Crippen molar-refractivity contribution < 1.29 is 4.43 Å². The van der Waals surface area contributed by atoms with Gasteiger partial charge in [-0.15, -0.1) is 0 Å². The van der Waals surface area contributed by atoms with Gasteiger partial charge in [0.25, 0.3) is 9.04 Å². The normalized spacial score (nSPS) is 11.7. The molecule has 2 N–H and O–H groups in total. The van der Waals surface area contributed by atoms with Crippen molar-refractivity contribution >= 4 is 14.7 Å². The van der Waals surface area contributed by atoms with E-state index in [9.17, 15) is 0 Å². The van der Waals surface area contributed by atoms with Crippen molar-refractivity contribution in [2.75, 3.05) is 5.73 Å². The van der Waals surface area contributed by atoms with E-state index in [4.69, 9.17) is 10.2 Å². The Bertz CT molecular complexity index is 629. The molecule has 0 amide bonds. The zero-order valence-corrected chi connectivity index (χ0v) is 14.5. The minimum absolute atomic E-state index is 0.0339. The van der Waals surface area contributed by atoms with E-state index in [1.165, 1.54) is 5.56 Å². The van der Waals surface area contributed by atoms with E-state index >= 15 is 0 Å². The van der Waals surface area contributed by atoms with E-state index < -0.39 is 9.04 Å². The first kappa shape index (κ1) is 15.6. The Morgan fingerprint density at radius 3 is 2.10 bits per heavy atom. The molecule has 1 radical (unpaired) electrons. The summed E-state index contributed by atoms with van der Waals surface area (Å²) in [6.45, 7) is 11.0. The fourth-order valence-corrected chi connectivity index (χ4v) is 3.02. The maximum atomic E-state index is 6.26. The van der Waals surface area contributed by atoms with Gasteiger partial charge in [-0.25, -0.2) is 0 Å². The molecular formula is C18H24NOSi. The highest BCUT2D eigenvalue weighted by atomic mass is 28.3. The van der Waals surface area contributed by atoms with Crippen molar-refractivity contribution in [1.29, 1.82) is 0 Å². The number of rotatable bonds is 3. The summed E-state index contributed by atoms with van der Waals surface area (Å²) in [5.41, 5.74) is 10.3. The van der Waals surface area contributed by atoms with E-state index in [2.05, 4.69) is 58.1 Å². The Labute approximate surface area is 129 Å². The molecule has 21 heavy (non-hydrogen) atoms. The van der Waals surface area contributed by atoms with Crippen molar-refractivity contribution in [3.05, 3.63) is 48.0 Å². The number of anilines is 1. The van der Waals surface area contributed by atoms with E-state index in [0.717, 1.165) is 22.6 Å². The lowest BCUT2D eigenvalue weighted by molar-refractivity contribution is 0.522. The standard InChI is InChI=1S/C18H24NOSi/c1-18(2,3)15-11-8-10-14(17(15)20-21(4)5)13-9-6-7-12-16(13)19/h6-12H,19H2,1-5H3. The zero-order valence-electron chi connectivity index (χ0n) is 13.5. The summed E-state index contributed by atoms with van der Waals surface area (Å²) < 4.78 is 6.26. The molecule has 0 aromatic heterocycles. The third-order valence-electron chi connectivity index (χ3n) is 3.38. The van der Waals surface area contributed by atoms with Crippen LogP contribution in [0.5, 0.6) is 5.75 Å². The van der Waals surface area contributed by atoms with Crippen LogP contribution in [0.2, 0.25) is 13.1 Å². The molecule has 0 saturated carbocycles. The van der Waals surface area contributed by atoms with E-state index in [-0.39, 0.29) is 5.41 Å². The van der Waals surface area contributed by atoms with Crippen LogP contribution in [0.3, 0.4) is 0 Å². The molecule has 0 atom stereocenters. The second-order valence-corrected chi connectivity index (χ2v) is 8.55. The van der Waals surface area contributed by atoms with Crippen molar-refractivity contribution in [2.45, 2.75) is 39.3 Å².